The molecule has 0 radical (unpaired) electrons. The lowest BCUT2D eigenvalue weighted by Crippen LogP contribution is -2.42. The van der Waals surface area contributed by atoms with Crippen LogP contribution in [0, 0.1) is 17.5 Å². The lowest BCUT2D eigenvalue weighted by Gasteiger charge is -2.36. The second-order valence-corrected chi connectivity index (χ2v) is 12.4. The van der Waals surface area contributed by atoms with Gasteiger partial charge < -0.3 is 18.9 Å². The summed E-state index contributed by atoms with van der Waals surface area (Å²) in [7, 11) is 3.27. The summed E-state index contributed by atoms with van der Waals surface area (Å²) in [6.07, 6.45) is 6.35. The summed E-state index contributed by atoms with van der Waals surface area (Å²) < 4.78 is 60.0. The van der Waals surface area contributed by atoms with Crippen LogP contribution in [-0.4, -0.2) is 62.0 Å². The Bertz CT molecular complexity index is 2100. The molecule has 12 heteroatoms. The molecule has 1 aliphatic heterocycles. The lowest BCUT2D eigenvalue weighted by molar-refractivity contribution is -0.129. The fourth-order valence-corrected chi connectivity index (χ4v) is 7.10. The highest BCUT2D eigenvalue weighted by Gasteiger charge is 2.35. The van der Waals surface area contributed by atoms with Crippen molar-refractivity contribution in [2.75, 3.05) is 26.9 Å². The Balaban J connectivity index is 1.51. The molecule has 5 aromatic rings. The predicted molar refractivity (Wildman–Crippen MR) is 175 cm³/mol. The number of amides is 1. The molecule has 0 spiro atoms. The average Bonchev–Trinajstić information content (AvgIpc) is 3.80. The molecule has 1 aromatic carbocycles. The van der Waals surface area contributed by atoms with Crippen molar-refractivity contribution in [1.82, 2.24) is 29.2 Å². The van der Waals surface area contributed by atoms with Crippen molar-refractivity contribution in [2.45, 2.75) is 45.2 Å². The Morgan fingerprint density at radius 2 is 1.83 bits per heavy atom. The van der Waals surface area contributed by atoms with Crippen LogP contribution in [0.4, 0.5) is 13.2 Å². The number of hydrogen-bond donors (Lipinski definition) is 0. The molecule has 4 aromatic heterocycles. The van der Waals surface area contributed by atoms with Crippen molar-refractivity contribution in [1.29, 1.82) is 0 Å². The summed E-state index contributed by atoms with van der Waals surface area (Å²) in [4.78, 5) is 24.1. The van der Waals surface area contributed by atoms with E-state index in [1.807, 2.05) is 30.7 Å². The highest BCUT2D eigenvalue weighted by molar-refractivity contribution is 5.91. The number of methoxy groups -OCH3 is 1. The topological polar surface area (TPSA) is 87.3 Å². The molecular weight excluding hydrogens is 621 g/mol. The van der Waals surface area contributed by atoms with Crippen LogP contribution in [0.15, 0.2) is 49.3 Å². The molecule has 1 aliphatic carbocycles. The van der Waals surface area contributed by atoms with Crippen LogP contribution in [0.25, 0.3) is 44.8 Å². The molecule has 0 saturated heterocycles. The van der Waals surface area contributed by atoms with E-state index in [9.17, 15) is 13.6 Å². The van der Waals surface area contributed by atoms with E-state index in [2.05, 4.69) is 11.6 Å². The van der Waals surface area contributed by atoms with Gasteiger partial charge in [0.05, 0.1) is 46.9 Å². The summed E-state index contributed by atoms with van der Waals surface area (Å²) in [6.45, 7) is 8.29. The van der Waals surface area contributed by atoms with Gasteiger partial charge in [-0.15, -0.1) is 0 Å². The number of hydrogen-bond acceptors (Lipinski definition) is 6. The van der Waals surface area contributed by atoms with E-state index >= 15 is 4.39 Å². The van der Waals surface area contributed by atoms with E-state index in [-0.39, 0.29) is 48.0 Å². The van der Waals surface area contributed by atoms with Gasteiger partial charge in [-0.2, -0.15) is 5.10 Å². The minimum Gasteiger partial charge on any atom is -0.490 e. The predicted octanol–water partition coefficient (Wildman–Crippen LogP) is 6.75. The van der Waals surface area contributed by atoms with Gasteiger partial charge in [-0.05, 0) is 62.4 Å². The number of carbonyl (C=O) groups is 1. The van der Waals surface area contributed by atoms with Crippen LogP contribution in [0.1, 0.15) is 49.2 Å². The van der Waals surface area contributed by atoms with Gasteiger partial charge in [0.25, 0.3) is 0 Å². The Hall–Kier alpha value is -4.97. The van der Waals surface area contributed by atoms with Crippen molar-refractivity contribution in [3.8, 4) is 39.5 Å². The number of ether oxygens (including phenoxy) is 2. The molecule has 0 N–H and O–H groups in total. The van der Waals surface area contributed by atoms with Crippen molar-refractivity contribution >= 4 is 16.9 Å². The molecule has 0 saturated carbocycles. The van der Waals surface area contributed by atoms with Crippen LogP contribution < -0.4 is 4.74 Å². The Kier molecular flexibility index (Phi) is 8.06. The second kappa shape index (κ2) is 12.2. The largest absolute Gasteiger partial charge is 0.490 e. The van der Waals surface area contributed by atoms with E-state index in [1.165, 1.54) is 25.4 Å². The number of benzene rings is 1. The van der Waals surface area contributed by atoms with Gasteiger partial charge in [0.2, 0.25) is 5.91 Å². The number of rotatable bonds is 8. The molecule has 2 aliphatic rings. The van der Waals surface area contributed by atoms with Crippen LogP contribution >= 0.6 is 0 Å². The summed E-state index contributed by atoms with van der Waals surface area (Å²) in [6, 6.07) is 5.27. The van der Waals surface area contributed by atoms with E-state index in [0.717, 1.165) is 29.3 Å². The van der Waals surface area contributed by atoms with Gasteiger partial charge in [0.15, 0.2) is 5.82 Å². The molecule has 7 rings (SSSR count). The third kappa shape index (κ3) is 5.15. The summed E-state index contributed by atoms with van der Waals surface area (Å²) in [5.41, 5.74) is 6.14. The van der Waals surface area contributed by atoms with Crippen molar-refractivity contribution < 1.29 is 27.4 Å². The van der Waals surface area contributed by atoms with Gasteiger partial charge >= 0.3 is 0 Å². The maximum absolute atomic E-state index is 16.1. The zero-order valence-corrected chi connectivity index (χ0v) is 27.2. The van der Waals surface area contributed by atoms with Crippen LogP contribution in [-0.2, 0) is 29.4 Å². The number of aromatic nitrogens is 5. The van der Waals surface area contributed by atoms with Crippen LogP contribution in [0.2, 0.25) is 0 Å². The van der Waals surface area contributed by atoms with Gasteiger partial charge in [-0.1, -0.05) is 6.58 Å². The van der Waals surface area contributed by atoms with Gasteiger partial charge in [-0.3, -0.25) is 14.5 Å². The third-order valence-electron chi connectivity index (χ3n) is 9.37. The first-order valence-electron chi connectivity index (χ1n) is 15.9. The Labute approximate surface area is 275 Å². The Morgan fingerprint density at radius 3 is 2.60 bits per heavy atom. The number of aryl methyl sites for hydroxylation is 1. The summed E-state index contributed by atoms with van der Waals surface area (Å²) >= 11 is 0. The lowest BCUT2D eigenvalue weighted by atomic mass is 9.90. The third-order valence-corrected chi connectivity index (χ3v) is 9.37. The zero-order chi connectivity index (χ0) is 33.9. The molecule has 5 heterocycles. The number of nitrogens with zero attached hydrogens (tertiary/aromatic N) is 6. The molecule has 0 fully saturated rings. The highest BCUT2D eigenvalue weighted by atomic mass is 19.1. The quantitative estimate of drug-likeness (QED) is 0.136. The first-order valence-corrected chi connectivity index (χ1v) is 15.9. The SMILES string of the molecule is C=CC(=O)N1C[C@H](C)n2nc(-c3nc(-c4cnc5c(F)cn(C)c5c4)c4c(c3-c3c(F)cc(F)cc3OCCOC)CCC4)cc2[C@H]1C. The van der Waals surface area contributed by atoms with Crippen LogP contribution in [0.5, 0.6) is 5.75 Å². The molecule has 0 bridgehead atoms. The monoisotopic (exact) mass is 656 g/mol. The molecule has 0 unspecified atom stereocenters. The fourth-order valence-electron chi connectivity index (χ4n) is 7.10. The number of carbonyl (C=O) groups excluding carboxylic acids is 1. The second-order valence-electron chi connectivity index (χ2n) is 12.4. The normalized spacial score (nSPS) is 17.1. The molecular formula is C36H35F3N6O3. The molecule has 2 atom stereocenters. The maximum Gasteiger partial charge on any atom is 0.246 e. The van der Waals surface area contributed by atoms with Crippen molar-refractivity contribution in [2.24, 2.45) is 7.05 Å². The number of halogens is 3. The fraction of sp³-hybridized carbons (Fsp3) is 0.333. The van der Waals surface area contributed by atoms with E-state index in [4.69, 9.17) is 19.6 Å². The minimum atomic E-state index is -0.789. The number of fused-ring (bicyclic) bond motifs is 3. The van der Waals surface area contributed by atoms with E-state index in [0.29, 0.717) is 53.1 Å². The summed E-state index contributed by atoms with van der Waals surface area (Å²) in [5.74, 6) is -2.13. The van der Waals surface area contributed by atoms with Gasteiger partial charge in [0.1, 0.15) is 35.2 Å². The zero-order valence-electron chi connectivity index (χ0n) is 27.2. The van der Waals surface area contributed by atoms with Crippen molar-refractivity contribution in [3.05, 3.63) is 83.6 Å². The van der Waals surface area contributed by atoms with E-state index in [1.54, 1.807) is 22.7 Å². The highest BCUT2D eigenvalue weighted by Crippen LogP contribution is 2.47. The number of pyridine rings is 2. The van der Waals surface area contributed by atoms with Crippen molar-refractivity contribution in [3.63, 3.8) is 0 Å². The van der Waals surface area contributed by atoms with Gasteiger partial charge in [0, 0.05) is 56.4 Å². The Morgan fingerprint density at radius 1 is 1.04 bits per heavy atom. The van der Waals surface area contributed by atoms with Gasteiger partial charge in [-0.25, -0.2) is 18.2 Å². The molecule has 248 valence electrons. The molecule has 48 heavy (non-hydrogen) atoms. The molecule has 9 nitrogen and oxygen atoms in total. The average molecular weight is 657 g/mol. The molecule has 1 amide bonds. The first-order chi connectivity index (χ1) is 23.1. The standard InChI is InChI=1S/C36H35F3N6O3/c1-6-31(46)44-17-19(2)45-28(20(44)3)15-27(42-45)36-32(33-25(38)13-22(37)14-30(33)48-11-10-47-5)23-8-7-9-24(23)34(41-36)21-12-29-35(40-16-21)26(39)18-43(29)4/h6,12-16,18-20H,1,7-11,17H2,2-5H3/t19-,20+/m0/s1. The minimum absolute atomic E-state index is 0.0327. The smallest absolute Gasteiger partial charge is 0.246 e. The first kappa shape index (κ1) is 31.6. The maximum atomic E-state index is 16.1. The van der Waals surface area contributed by atoms with Crippen LogP contribution in [0.3, 0.4) is 0 Å². The van der Waals surface area contributed by atoms with E-state index < -0.39 is 17.5 Å². The summed E-state index contributed by atoms with van der Waals surface area (Å²) in [5, 5.41) is 5.00.